The normalized spacial score (nSPS) is 14.9. The van der Waals surface area contributed by atoms with Gasteiger partial charge in [0.25, 0.3) is 0 Å². The van der Waals surface area contributed by atoms with Gasteiger partial charge in [0, 0.05) is 26.2 Å². The summed E-state index contributed by atoms with van der Waals surface area (Å²) in [5.74, 6) is -0.548. The predicted octanol–water partition coefficient (Wildman–Crippen LogP) is 1.64. The van der Waals surface area contributed by atoms with Gasteiger partial charge in [-0.15, -0.1) is 0 Å². The van der Waals surface area contributed by atoms with Crippen molar-refractivity contribution in [1.82, 2.24) is 5.32 Å². The minimum Gasteiger partial charge on any atom is -0.496 e. The van der Waals surface area contributed by atoms with E-state index in [-0.39, 0.29) is 17.6 Å². The van der Waals surface area contributed by atoms with Crippen molar-refractivity contribution >= 4 is 11.9 Å². The van der Waals surface area contributed by atoms with E-state index in [2.05, 4.69) is 5.32 Å². The number of amides is 1. The molecular formula is C18H25NO6. The topological polar surface area (TPSA) is 94.1 Å². The van der Waals surface area contributed by atoms with E-state index < -0.39 is 5.97 Å². The second-order valence-electron chi connectivity index (χ2n) is 5.86. The third kappa shape index (κ3) is 6.36. The molecule has 1 fully saturated rings. The molecule has 0 spiro atoms. The molecule has 0 saturated carbocycles. The van der Waals surface area contributed by atoms with Crippen LogP contribution in [0, 0.1) is 0 Å². The number of hydrogen-bond donors (Lipinski definition) is 2. The quantitative estimate of drug-likeness (QED) is 0.702. The molecule has 2 N–H and O–H groups in total. The molecule has 1 aliphatic rings. The highest BCUT2D eigenvalue weighted by atomic mass is 16.5. The first-order valence-electron chi connectivity index (χ1n) is 8.46. The van der Waals surface area contributed by atoms with Crippen LogP contribution in [0.4, 0.5) is 0 Å². The van der Waals surface area contributed by atoms with Gasteiger partial charge < -0.3 is 24.6 Å². The minimum atomic E-state index is -0.998. The van der Waals surface area contributed by atoms with E-state index in [1.165, 1.54) is 19.2 Å². The Morgan fingerprint density at radius 2 is 2.08 bits per heavy atom. The van der Waals surface area contributed by atoms with Crippen molar-refractivity contribution in [2.75, 3.05) is 33.5 Å². The Kier molecular flexibility index (Phi) is 7.69. The molecule has 2 rings (SSSR count). The van der Waals surface area contributed by atoms with E-state index in [1.54, 1.807) is 6.07 Å². The molecule has 7 nitrogen and oxygen atoms in total. The Labute approximate surface area is 147 Å². The Hall–Kier alpha value is -2.12. The number of rotatable bonds is 9. The van der Waals surface area contributed by atoms with Crippen LogP contribution in [0.2, 0.25) is 0 Å². The van der Waals surface area contributed by atoms with Gasteiger partial charge in [0.15, 0.2) is 0 Å². The number of carbonyl (C=O) groups is 2. The molecule has 1 heterocycles. The number of nitrogens with one attached hydrogen (secondary N) is 1. The zero-order valence-corrected chi connectivity index (χ0v) is 14.5. The molecule has 0 unspecified atom stereocenters. The molecule has 25 heavy (non-hydrogen) atoms. The average molecular weight is 351 g/mol. The fourth-order valence-electron chi connectivity index (χ4n) is 2.67. The lowest BCUT2D eigenvalue weighted by Gasteiger charge is -2.22. The number of carboxylic acid groups (broad SMARTS) is 1. The Morgan fingerprint density at radius 1 is 1.32 bits per heavy atom. The largest absolute Gasteiger partial charge is 0.496 e. The summed E-state index contributed by atoms with van der Waals surface area (Å²) < 4.78 is 16.2. The van der Waals surface area contributed by atoms with Crippen molar-refractivity contribution < 1.29 is 28.9 Å². The van der Waals surface area contributed by atoms with Crippen LogP contribution in [0.5, 0.6) is 5.75 Å². The summed E-state index contributed by atoms with van der Waals surface area (Å²) in [6.45, 7) is 2.31. The van der Waals surface area contributed by atoms with Crippen molar-refractivity contribution in [3.05, 3.63) is 29.3 Å². The maximum absolute atomic E-state index is 11.8. The van der Waals surface area contributed by atoms with Crippen molar-refractivity contribution in [3.63, 3.8) is 0 Å². The third-order valence-electron chi connectivity index (χ3n) is 4.10. The van der Waals surface area contributed by atoms with Crippen molar-refractivity contribution in [2.24, 2.45) is 0 Å². The summed E-state index contributed by atoms with van der Waals surface area (Å²) in [6, 6.07) is 4.73. The number of aromatic carboxylic acids is 1. The Balaban J connectivity index is 1.69. The molecule has 1 aliphatic heterocycles. The first kappa shape index (κ1) is 19.2. The van der Waals surface area contributed by atoms with E-state index in [0.29, 0.717) is 31.7 Å². The highest BCUT2D eigenvalue weighted by Crippen LogP contribution is 2.20. The van der Waals surface area contributed by atoms with E-state index >= 15 is 0 Å². The second kappa shape index (κ2) is 10.0. The zero-order valence-electron chi connectivity index (χ0n) is 14.5. The van der Waals surface area contributed by atoms with Gasteiger partial charge in [0.1, 0.15) is 5.75 Å². The number of carbonyl (C=O) groups excluding carboxylic acids is 1. The van der Waals surface area contributed by atoms with Crippen molar-refractivity contribution in [2.45, 2.75) is 31.8 Å². The molecule has 7 heteroatoms. The molecule has 1 amide bonds. The highest BCUT2D eigenvalue weighted by molar-refractivity contribution is 5.88. The molecule has 0 radical (unpaired) electrons. The number of methoxy groups -OCH3 is 1. The second-order valence-corrected chi connectivity index (χ2v) is 5.86. The molecule has 1 aromatic carbocycles. The molecular weight excluding hydrogens is 326 g/mol. The summed E-state index contributed by atoms with van der Waals surface area (Å²) in [5, 5.41) is 11.8. The molecule has 0 aliphatic carbocycles. The van der Waals surface area contributed by atoms with E-state index in [1.807, 2.05) is 0 Å². The Morgan fingerprint density at radius 3 is 2.76 bits per heavy atom. The molecule has 1 saturated heterocycles. The van der Waals surface area contributed by atoms with Crippen molar-refractivity contribution in [1.29, 1.82) is 0 Å². The fraction of sp³-hybridized carbons (Fsp3) is 0.556. The van der Waals surface area contributed by atoms with Crippen LogP contribution in [-0.2, 0) is 20.7 Å². The number of benzene rings is 1. The summed E-state index contributed by atoms with van der Waals surface area (Å²) in [5.41, 5.74) is 1.03. The first-order valence-corrected chi connectivity index (χ1v) is 8.46. The maximum Gasteiger partial charge on any atom is 0.335 e. The smallest absolute Gasteiger partial charge is 0.335 e. The van der Waals surface area contributed by atoms with Gasteiger partial charge in [-0.05, 0) is 37.0 Å². The van der Waals surface area contributed by atoms with Gasteiger partial charge in [-0.1, -0.05) is 6.07 Å². The zero-order chi connectivity index (χ0) is 18.1. The third-order valence-corrected chi connectivity index (χ3v) is 4.10. The highest BCUT2D eigenvalue weighted by Gasteiger charge is 2.14. The van der Waals surface area contributed by atoms with Crippen LogP contribution in [0.15, 0.2) is 18.2 Å². The van der Waals surface area contributed by atoms with Crippen LogP contribution >= 0.6 is 0 Å². The lowest BCUT2D eigenvalue weighted by molar-refractivity contribution is -0.123. The maximum atomic E-state index is 11.8. The van der Waals surface area contributed by atoms with Crippen molar-refractivity contribution in [3.8, 4) is 5.75 Å². The number of carboxylic acids is 1. The van der Waals surface area contributed by atoms with Crippen LogP contribution in [0.3, 0.4) is 0 Å². The summed E-state index contributed by atoms with van der Waals surface area (Å²) in [6.07, 6.45) is 2.85. The molecule has 0 bridgehead atoms. The molecule has 0 atom stereocenters. The van der Waals surface area contributed by atoms with E-state index in [9.17, 15) is 9.59 Å². The average Bonchev–Trinajstić information content (AvgIpc) is 2.62. The molecule has 0 aromatic heterocycles. The van der Waals surface area contributed by atoms with Gasteiger partial charge in [0.2, 0.25) is 5.91 Å². The van der Waals surface area contributed by atoms with E-state index in [4.69, 9.17) is 19.3 Å². The Bertz CT molecular complexity index is 583. The van der Waals surface area contributed by atoms with Crippen LogP contribution < -0.4 is 10.1 Å². The number of ether oxygens (including phenoxy) is 3. The van der Waals surface area contributed by atoms with E-state index in [0.717, 1.165) is 31.6 Å². The van der Waals surface area contributed by atoms with Gasteiger partial charge in [0.05, 0.1) is 25.4 Å². The first-order chi connectivity index (χ1) is 12.1. The van der Waals surface area contributed by atoms with Gasteiger partial charge in [-0.25, -0.2) is 4.79 Å². The fourth-order valence-corrected chi connectivity index (χ4v) is 2.67. The van der Waals surface area contributed by atoms with Crippen LogP contribution in [0.1, 0.15) is 35.2 Å². The monoisotopic (exact) mass is 351 g/mol. The molecule has 1 aromatic rings. The molecule has 138 valence electrons. The van der Waals surface area contributed by atoms with Crippen LogP contribution in [0.25, 0.3) is 0 Å². The SMILES string of the molecule is COc1cc(C(=O)O)ccc1CCNC(=O)CCOC1CCOCC1. The van der Waals surface area contributed by atoms with Gasteiger partial charge in [-0.2, -0.15) is 0 Å². The lowest BCUT2D eigenvalue weighted by atomic mass is 10.1. The standard InChI is InChI=1S/C18H25NO6/c1-23-16-12-14(18(21)22)3-2-13(16)4-8-19-17(20)7-11-25-15-5-9-24-10-6-15/h2-3,12,15H,4-11H2,1H3,(H,19,20)(H,21,22). The summed E-state index contributed by atoms with van der Waals surface area (Å²) in [4.78, 5) is 22.8. The van der Waals surface area contributed by atoms with Gasteiger partial charge in [-0.3, -0.25) is 4.79 Å². The van der Waals surface area contributed by atoms with Gasteiger partial charge >= 0.3 is 5.97 Å². The summed E-state index contributed by atoms with van der Waals surface area (Å²) in [7, 11) is 1.50. The van der Waals surface area contributed by atoms with Crippen LogP contribution in [-0.4, -0.2) is 56.6 Å². The lowest BCUT2D eigenvalue weighted by Crippen LogP contribution is -2.29. The predicted molar refractivity (Wildman–Crippen MR) is 91.1 cm³/mol. The minimum absolute atomic E-state index is 0.0619. The summed E-state index contributed by atoms with van der Waals surface area (Å²) >= 11 is 0. The number of hydrogen-bond acceptors (Lipinski definition) is 5.